The number of hydrogen-bond acceptors (Lipinski definition) is 9. The largest absolute Gasteiger partial charge is 0.507 e. The Kier molecular flexibility index (Phi) is 8.11. The van der Waals surface area contributed by atoms with Gasteiger partial charge in [0.05, 0.1) is 24.6 Å². The van der Waals surface area contributed by atoms with Gasteiger partial charge in [0, 0.05) is 47.0 Å². The molecule has 0 saturated heterocycles. The highest BCUT2D eigenvalue weighted by atomic mass is 16.5. The third-order valence-electron chi connectivity index (χ3n) is 4.30. The smallest absolute Gasteiger partial charge is 0.338 e. The summed E-state index contributed by atoms with van der Waals surface area (Å²) in [5.41, 5.74) is 5.67. The third kappa shape index (κ3) is 6.29. The number of esters is 1. The molecule has 11 heteroatoms. The van der Waals surface area contributed by atoms with E-state index in [-0.39, 0.29) is 29.0 Å². The summed E-state index contributed by atoms with van der Waals surface area (Å²) in [7, 11) is 0. The van der Waals surface area contributed by atoms with Crippen molar-refractivity contribution in [3.8, 4) is 5.75 Å². The number of aromatic hydroxyl groups is 1. The van der Waals surface area contributed by atoms with Gasteiger partial charge < -0.3 is 9.84 Å². The minimum Gasteiger partial charge on any atom is -0.507 e. The molecule has 0 aliphatic carbocycles. The van der Waals surface area contributed by atoms with E-state index in [0.717, 1.165) is 0 Å². The summed E-state index contributed by atoms with van der Waals surface area (Å²) >= 11 is 0. The molecule has 0 atom stereocenters. The lowest BCUT2D eigenvalue weighted by molar-refractivity contribution is 0.0526. The lowest BCUT2D eigenvalue weighted by Crippen LogP contribution is -2.18. The summed E-state index contributed by atoms with van der Waals surface area (Å²) in [5.74, 6) is -1.88. The average molecular weight is 460 g/mol. The van der Waals surface area contributed by atoms with E-state index >= 15 is 0 Å². The zero-order valence-electron chi connectivity index (χ0n) is 18.0. The first-order valence-electron chi connectivity index (χ1n) is 10.0. The van der Waals surface area contributed by atoms with E-state index in [1.54, 1.807) is 6.92 Å². The lowest BCUT2D eigenvalue weighted by atomic mass is 10.0. The van der Waals surface area contributed by atoms with Crippen LogP contribution in [0.15, 0.2) is 71.4 Å². The quantitative estimate of drug-likeness (QED) is 0.263. The lowest BCUT2D eigenvalue weighted by Gasteiger charge is -2.08. The van der Waals surface area contributed by atoms with Gasteiger partial charge in [-0.25, -0.2) is 15.6 Å². The first-order chi connectivity index (χ1) is 16.5. The van der Waals surface area contributed by atoms with Gasteiger partial charge in [-0.2, -0.15) is 10.2 Å². The van der Waals surface area contributed by atoms with Gasteiger partial charge in [0.2, 0.25) is 0 Å². The van der Waals surface area contributed by atoms with Gasteiger partial charge in [-0.15, -0.1) is 0 Å². The van der Waals surface area contributed by atoms with Gasteiger partial charge in [-0.3, -0.25) is 19.6 Å². The van der Waals surface area contributed by atoms with Crippen LogP contribution < -0.4 is 10.9 Å². The molecule has 2 aromatic heterocycles. The number of benzene rings is 1. The van der Waals surface area contributed by atoms with Crippen LogP contribution in [0, 0.1) is 0 Å². The van der Waals surface area contributed by atoms with Gasteiger partial charge in [0.15, 0.2) is 0 Å². The van der Waals surface area contributed by atoms with E-state index in [2.05, 4.69) is 31.0 Å². The summed E-state index contributed by atoms with van der Waals surface area (Å²) in [4.78, 5) is 44.1. The molecule has 2 heterocycles. The summed E-state index contributed by atoms with van der Waals surface area (Å²) in [6.45, 7) is 1.81. The number of pyridine rings is 2. The molecule has 34 heavy (non-hydrogen) atoms. The zero-order chi connectivity index (χ0) is 24.3. The molecule has 3 N–H and O–H groups in total. The van der Waals surface area contributed by atoms with Gasteiger partial charge >= 0.3 is 5.97 Å². The van der Waals surface area contributed by atoms with E-state index in [1.807, 2.05) is 0 Å². The fourth-order valence-corrected chi connectivity index (χ4v) is 2.67. The molecule has 11 nitrogen and oxygen atoms in total. The van der Waals surface area contributed by atoms with Crippen LogP contribution >= 0.6 is 0 Å². The molecule has 0 spiro atoms. The molecule has 0 bridgehead atoms. The second-order valence-electron chi connectivity index (χ2n) is 6.59. The van der Waals surface area contributed by atoms with Gasteiger partial charge in [-0.1, -0.05) is 0 Å². The van der Waals surface area contributed by atoms with Crippen LogP contribution in [0.2, 0.25) is 0 Å². The standard InChI is InChI=1S/C23H20N6O5/c1-2-34-23(33)17-11-18(13-26-28-21(31)15-3-7-24-8-4-15)20(30)19(12-17)14-27-29-22(32)16-5-9-25-10-6-16/h3-14,30H,2H2,1H3,(H,28,31)(H,29,32)/b26-13+,27-14+. The van der Waals surface area contributed by atoms with Crippen LogP contribution in [0.1, 0.15) is 49.1 Å². The number of carbonyl (C=O) groups is 3. The summed E-state index contributed by atoms with van der Waals surface area (Å²) < 4.78 is 5.02. The van der Waals surface area contributed by atoms with Crippen molar-refractivity contribution in [3.63, 3.8) is 0 Å². The van der Waals surface area contributed by atoms with Crippen molar-refractivity contribution in [1.29, 1.82) is 0 Å². The number of nitrogens with one attached hydrogen (secondary N) is 2. The van der Waals surface area contributed by atoms with Gasteiger partial charge in [-0.05, 0) is 43.3 Å². The molecule has 3 rings (SSSR count). The predicted octanol–water partition coefficient (Wildman–Crippen LogP) is 1.89. The molecule has 0 fully saturated rings. The number of amides is 2. The van der Waals surface area contributed by atoms with Crippen LogP contribution in [0.5, 0.6) is 5.75 Å². The van der Waals surface area contributed by atoms with Crippen LogP contribution in [0.4, 0.5) is 0 Å². The van der Waals surface area contributed by atoms with Crippen LogP contribution in [-0.4, -0.2) is 51.9 Å². The number of rotatable bonds is 8. The Hall–Kier alpha value is -4.93. The summed E-state index contributed by atoms with van der Waals surface area (Å²) in [6.07, 6.45) is 8.20. The van der Waals surface area contributed by atoms with Crippen LogP contribution in [0.25, 0.3) is 0 Å². The predicted molar refractivity (Wildman–Crippen MR) is 123 cm³/mol. The van der Waals surface area contributed by atoms with Crippen molar-refractivity contribution in [2.24, 2.45) is 10.2 Å². The number of aromatic nitrogens is 2. The second kappa shape index (κ2) is 11.6. The Labute approximate surface area is 194 Å². The Balaban J connectivity index is 1.81. The highest BCUT2D eigenvalue weighted by Crippen LogP contribution is 2.23. The van der Waals surface area contributed by atoms with Crippen LogP contribution in [0.3, 0.4) is 0 Å². The maximum Gasteiger partial charge on any atom is 0.338 e. The van der Waals surface area contributed by atoms with Crippen molar-refractivity contribution in [2.75, 3.05) is 6.61 Å². The monoisotopic (exact) mass is 460 g/mol. The van der Waals surface area contributed by atoms with Crippen molar-refractivity contribution >= 4 is 30.2 Å². The molecule has 0 aliphatic rings. The molecule has 3 aromatic rings. The van der Waals surface area contributed by atoms with Crippen molar-refractivity contribution in [1.82, 2.24) is 20.8 Å². The van der Waals surface area contributed by atoms with E-state index in [4.69, 9.17) is 4.74 Å². The third-order valence-corrected chi connectivity index (χ3v) is 4.30. The fourth-order valence-electron chi connectivity index (χ4n) is 2.67. The summed E-state index contributed by atoms with van der Waals surface area (Å²) in [5, 5.41) is 18.3. The topological polar surface area (TPSA) is 155 Å². The number of ether oxygens (including phenoxy) is 1. The van der Waals surface area contributed by atoms with Gasteiger partial charge in [0.1, 0.15) is 5.75 Å². The Morgan fingerprint density at radius 1 is 0.853 bits per heavy atom. The number of phenolic OH excluding ortho intramolecular Hbond substituents is 1. The normalized spacial score (nSPS) is 10.9. The fraction of sp³-hybridized carbons (Fsp3) is 0.0870. The number of carbonyl (C=O) groups excluding carboxylic acids is 3. The van der Waals surface area contributed by atoms with Gasteiger partial charge in [0.25, 0.3) is 11.8 Å². The molecule has 0 radical (unpaired) electrons. The SMILES string of the molecule is CCOC(=O)c1cc(/C=N/NC(=O)c2ccncc2)c(O)c(/C=N/NC(=O)c2ccncc2)c1. The zero-order valence-corrected chi connectivity index (χ0v) is 18.0. The summed E-state index contributed by atoms with van der Waals surface area (Å²) in [6, 6.07) is 8.75. The maximum atomic E-state index is 12.3. The molecule has 1 aromatic carbocycles. The van der Waals surface area contributed by atoms with Crippen molar-refractivity contribution in [3.05, 3.63) is 89.0 Å². The Morgan fingerprint density at radius 3 is 1.71 bits per heavy atom. The van der Waals surface area contributed by atoms with E-state index < -0.39 is 17.8 Å². The Morgan fingerprint density at radius 2 is 1.29 bits per heavy atom. The number of nitrogens with zero attached hydrogens (tertiary/aromatic N) is 4. The van der Waals surface area contributed by atoms with Crippen LogP contribution in [-0.2, 0) is 4.74 Å². The van der Waals surface area contributed by atoms with Crippen molar-refractivity contribution < 1.29 is 24.2 Å². The number of hydrazone groups is 2. The van der Waals surface area contributed by atoms with Crippen molar-refractivity contribution in [2.45, 2.75) is 6.92 Å². The minimum absolute atomic E-state index is 0.113. The second-order valence-corrected chi connectivity index (χ2v) is 6.59. The molecule has 0 saturated carbocycles. The molecule has 172 valence electrons. The number of hydrogen-bond donors (Lipinski definition) is 3. The maximum absolute atomic E-state index is 12.3. The first kappa shape index (κ1) is 23.7. The molecule has 0 aliphatic heterocycles. The molecule has 0 unspecified atom stereocenters. The van der Waals surface area contributed by atoms with E-state index in [9.17, 15) is 19.5 Å². The highest BCUT2D eigenvalue weighted by molar-refractivity contribution is 6.00. The first-order valence-corrected chi connectivity index (χ1v) is 10.0. The molecular weight excluding hydrogens is 440 g/mol. The molecule has 2 amide bonds. The minimum atomic E-state index is -0.631. The highest BCUT2D eigenvalue weighted by Gasteiger charge is 2.14. The Bertz CT molecular complexity index is 1140. The average Bonchev–Trinajstić information content (AvgIpc) is 2.86. The van der Waals surface area contributed by atoms with E-state index in [1.165, 1.54) is 73.6 Å². The number of phenols is 1. The molecular formula is C23H20N6O5. The van der Waals surface area contributed by atoms with E-state index in [0.29, 0.717) is 11.1 Å².